The van der Waals surface area contributed by atoms with Crippen LogP contribution in [-0.4, -0.2) is 36.8 Å². The highest BCUT2D eigenvalue weighted by Gasteiger charge is 2.16. The third-order valence-electron chi connectivity index (χ3n) is 3.34. The van der Waals surface area contributed by atoms with Crippen molar-refractivity contribution < 1.29 is 28.7 Å². The van der Waals surface area contributed by atoms with Crippen LogP contribution in [0, 0.1) is 0 Å². The number of carbonyl (C=O) groups excluding carboxylic acids is 4. The minimum Gasteiger partial charge on any atom is -0.483 e. The molecule has 0 aromatic heterocycles. The number of amides is 2. The van der Waals surface area contributed by atoms with Crippen LogP contribution in [0.15, 0.2) is 48.5 Å². The average Bonchev–Trinajstić information content (AvgIpc) is 2.64. The molecule has 0 saturated carbocycles. The number of para-hydroxylation sites is 1. The van der Waals surface area contributed by atoms with E-state index in [1.807, 2.05) is 0 Å². The molecule has 2 amide bonds. The molecular weight excluding hydrogens is 352 g/mol. The topological polar surface area (TPSA) is 125 Å². The lowest BCUT2D eigenvalue weighted by atomic mass is 10.1. The van der Waals surface area contributed by atoms with E-state index in [1.54, 1.807) is 24.3 Å². The summed E-state index contributed by atoms with van der Waals surface area (Å²) in [4.78, 5) is 46.2. The first-order valence-electron chi connectivity index (χ1n) is 7.95. The summed E-state index contributed by atoms with van der Waals surface area (Å²) >= 11 is 0. The number of nitrogens with one attached hydrogen (secondary N) is 1. The number of carbonyl (C=O) groups is 4. The Labute approximate surface area is 155 Å². The Morgan fingerprint density at radius 1 is 0.963 bits per heavy atom. The zero-order chi connectivity index (χ0) is 19.8. The highest BCUT2D eigenvalue weighted by atomic mass is 16.5. The Balaban J connectivity index is 1.98. The number of hydrogen-bond acceptors (Lipinski definition) is 6. The van der Waals surface area contributed by atoms with E-state index in [0.717, 1.165) is 0 Å². The van der Waals surface area contributed by atoms with E-state index in [1.165, 1.54) is 31.2 Å². The molecule has 8 heteroatoms. The number of benzene rings is 2. The lowest BCUT2D eigenvalue weighted by molar-refractivity contribution is -0.120. The summed E-state index contributed by atoms with van der Waals surface area (Å²) in [5.41, 5.74) is 5.98. The van der Waals surface area contributed by atoms with Crippen molar-refractivity contribution in [3.05, 3.63) is 59.7 Å². The molecule has 0 unspecified atom stereocenters. The summed E-state index contributed by atoms with van der Waals surface area (Å²) < 4.78 is 10.2. The number of anilines is 1. The fraction of sp³-hybridized carbons (Fsp3) is 0.158. The number of primary amides is 1. The van der Waals surface area contributed by atoms with Crippen molar-refractivity contribution in [2.45, 2.75) is 6.92 Å². The molecule has 2 aromatic carbocycles. The zero-order valence-electron chi connectivity index (χ0n) is 14.6. The number of hydrogen-bond donors (Lipinski definition) is 2. The van der Waals surface area contributed by atoms with E-state index in [0.29, 0.717) is 11.3 Å². The maximum Gasteiger partial charge on any atom is 0.342 e. The summed E-state index contributed by atoms with van der Waals surface area (Å²) in [5, 5.41) is 2.59. The van der Waals surface area contributed by atoms with Crippen molar-refractivity contribution in [2.75, 3.05) is 18.5 Å². The molecule has 2 rings (SSSR count). The standard InChI is InChI=1S/C19H18N2O6/c1-12(22)21-14-8-6-13(7-9-14)16(23)10-27-19(25)15-4-2-3-5-17(15)26-11-18(20)24/h2-9H,10-11H2,1H3,(H2,20,24)(H,21,22). The molecule has 2 aromatic rings. The van der Waals surface area contributed by atoms with Gasteiger partial charge in [-0.05, 0) is 36.4 Å². The fourth-order valence-corrected chi connectivity index (χ4v) is 2.14. The van der Waals surface area contributed by atoms with Gasteiger partial charge < -0.3 is 20.5 Å². The van der Waals surface area contributed by atoms with E-state index in [2.05, 4.69) is 5.32 Å². The second kappa shape index (κ2) is 9.14. The molecule has 27 heavy (non-hydrogen) atoms. The van der Waals surface area contributed by atoms with Crippen LogP contribution < -0.4 is 15.8 Å². The van der Waals surface area contributed by atoms with Gasteiger partial charge in [-0.15, -0.1) is 0 Å². The van der Waals surface area contributed by atoms with Gasteiger partial charge in [0.05, 0.1) is 0 Å². The second-order valence-corrected chi connectivity index (χ2v) is 5.51. The monoisotopic (exact) mass is 370 g/mol. The van der Waals surface area contributed by atoms with E-state index in [4.69, 9.17) is 15.2 Å². The number of rotatable bonds is 8. The second-order valence-electron chi connectivity index (χ2n) is 5.51. The summed E-state index contributed by atoms with van der Waals surface area (Å²) in [6.45, 7) is 0.524. The van der Waals surface area contributed by atoms with E-state index >= 15 is 0 Å². The molecule has 0 radical (unpaired) electrons. The van der Waals surface area contributed by atoms with Crippen LogP contribution in [-0.2, 0) is 14.3 Å². The quantitative estimate of drug-likeness (QED) is 0.536. The van der Waals surface area contributed by atoms with E-state index < -0.39 is 24.3 Å². The first-order chi connectivity index (χ1) is 12.9. The van der Waals surface area contributed by atoms with Crippen molar-refractivity contribution in [1.82, 2.24) is 0 Å². The molecule has 0 aliphatic rings. The highest BCUT2D eigenvalue weighted by molar-refractivity contribution is 6.00. The zero-order valence-corrected chi connectivity index (χ0v) is 14.6. The molecule has 0 bridgehead atoms. The van der Waals surface area contributed by atoms with Crippen molar-refractivity contribution in [3.8, 4) is 5.75 Å². The number of Topliss-reactive ketones (excluding diaryl/α,β-unsaturated/α-hetero) is 1. The largest absolute Gasteiger partial charge is 0.483 e. The fourth-order valence-electron chi connectivity index (χ4n) is 2.14. The summed E-state index contributed by atoms with van der Waals surface area (Å²) in [7, 11) is 0. The van der Waals surface area contributed by atoms with Crippen LogP contribution >= 0.6 is 0 Å². The van der Waals surface area contributed by atoms with Gasteiger partial charge in [0.1, 0.15) is 11.3 Å². The SMILES string of the molecule is CC(=O)Nc1ccc(C(=O)COC(=O)c2ccccc2OCC(N)=O)cc1. The van der Waals surface area contributed by atoms with Crippen molar-refractivity contribution in [3.63, 3.8) is 0 Å². The van der Waals surface area contributed by atoms with Gasteiger partial charge >= 0.3 is 5.97 Å². The molecule has 0 aliphatic carbocycles. The first kappa shape index (κ1) is 19.6. The molecule has 0 atom stereocenters. The van der Waals surface area contributed by atoms with E-state index in [9.17, 15) is 19.2 Å². The summed E-state index contributed by atoms with van der Waals surface area (Å²) in [6.07, 6.45) is 0. The molecule has 0 fully saturated rings. The van der Waals surface area contributed by atoms with E-state index in [-0.39, 0.29) is 23.8 Å². The van der Waals surface area contributed by atoms with Gasteiger partial charge in [-0.1, -0.05) is 12.1 Å². The Hall–Kier alpha value is -3.68. The van der Waals surface area contributed by atoms with Gasteiger partial charge in [0, 0.05) is 18.2 Å². The van der Waals surface area contributed by atoms with Gasteiger partial charge in [-0.3, -0.25) is 14.4 Å². The predicted molar refractivity (Wildman–Crippen MR) is 96.5 cm³/mol. The molecule has 8 nitrogen and oxygen atoms in total. The molecule has 140 valence electrons. The Bertz CT molecular complexity index is 861. The summed E-state index contributed by atoms with van der Waals surface area (Å²) in [6, 6.07) is 12.3. The van der Waals surface area contributed by atoms with Crippen LogP contribution in [0.1, 0.15) is 27.6 Å². The molecule has 0 heterocycles. The van der Waals surface area contributed by atoms with Gasteiger partial charge in [-0.2, -0.15) is 0 Å². The number of nitrogens with two attached hydrogens (primary N) is 1. The third kappa shape index (κ3) is 5.96. The van der Waals surface area contributed by atoms with Crippen molar-refractivity contribution >= 4 is 29.3 Å². The van der Waals surface area contributed by atoms with Crippen LogP contribution in [0.2, 0.25) is 0 Å². The minimum absolute atomic E-state index is 0.0764. The lowest BCUT2D eigenvalue weighted by Gasteiger charge is -2.10. The predicted octanol–water partition coefficient (Wildman–Crippen LogP) is 1.55. The summed E-state index contributed by atoms with van der Waals surface area (Å²) in [5.74, 6) is -1.95. The maximum atomic E-state index is 12.2. The molecule has 0 saturated heterocycles. The smallest absolute Gasteiger partial charge is 0.342 e. The van der Waals surface area contributed by atoms with Gasteiger partial charge in [0.15, 0.2) is 19.0 Å². The number of esters is 1. The molecule has 0 aliphatic heterocycles. The van der Waals surface area contributed by atoms with Crippen LogP contribution in [0.4, 0.5) is 5.69 Å². The van der Waals surface area contributed by atoms with Crippen LogP contribution in [0.3, 0.4) is 0 Å². The van der Waals surface area contributed by atoms with Gasteiger partial charge in [0.2, 0.25) is 5.91 Å². The average molecular weight is 370 g/mol. The molecule has 3 N–H and O–H groups in total. The van der Waals surface area contributed by atoms with Crippen molar-refractivity contribution in [1.29, 1.82) is 0 Å². The van der Waals surface area contributed by atoms with Gasteiger partial charge in [-0.25, -0.2) is 4.79 Å². The normalized spacial score (nSPS) is 9.96. The van der Waals surface area contributed by atoms with Crippen LogP contribution in [0.5, 0.6) is 5.75 Å². The Morgan fingerprint density at radius 2 is 1.63 bits per heavy atom. The number of ether oxygens (including phenoxy) is 2. The number of ketones is 1. The third-order valence-corrected chi connectivity index (χ3v) is 3.34. The van der Waals surface area contributed by atoms with Crippen LogP contribution in [0.25, 0.3) is 0 Å². The lowest BCUT2D eigenvalue weighted by Crippen LogP contribution is -2.21. The Morgan fingerprint density at radius 3 is 2.26 bits per heavy atom. The van der Waals surface area contributed by atoms with Gasteiger partial charge in [0.25, 0.3) is 5.91 Å². The Kier molecular flexibility index (Phi) is 6.65. The highest BCUT2D eigenvalue weighted by Crippen LogP contribution is 2.19. The minimum atomic E-state index is -0.765. The van der Waals surface area contributed by atoms with Crippen molar-refractivity contribution in [2.24, 2.45) is 5.73 Å². The molecule has 0 spiro atoms. The molecular formula is C19H18N2O6. The maximum absolute atomic E-state index is 12.2. The first-order valence-corrected chi connectivity index (χ1v) is 7.95.